The molecule has 5 rings (SSSR count). The molecule has 3 aromatic carbocycles. The summed E-state index contributed by atoms with van der Waals surface area (Å²) in [7, 11) is 0. The second kappa shape index (κ2) is 8.09. The minimum atomic E-state index is -0.998. The van der Waals surface area contributed by atoms with E-state index in [-0.39, 0.29) is 5.91 Å². The minimum absolute atomic E-state index is 0.378. The summed E-state index contributed by atoms with van der Waals surface area (Å²) < 4.78 is 19.5. The fourth-order valence-corrected chi connectivity index (χ4v) is 4.36. The third kappa shape index (κ3) is 3.31. The van der Waals surface area contributed by atoms with Crippen LogP contribution < -0.4 is 14.7 Å². The van der Waals surface area contributed by atoms with Crippen molar-refractivity contribution in [1.82, 2.24) is 0 Å². The average molecular weight is 432 g/mol. The number of ether oxygens (including phenoxy) is 1. The van der Waals surface area contributed by atoms with Gasteiger partial charge >= 0.3 is 0 Å². The largest absolute Gasteiger partial charge is 0.494 e. The number of hydrogen-bond acceptors (Lipinski definition) is 5. The summed E-state index contributed by atoms with van der Waals surface area (Å²) in [4.78, 5) is 34.0. The van der Waals surface area contributed by atoms with Crippen LogP contribution in [-0.4, -0.2) is 24.5 Å². The third-order valence-electron chi connectivity index (χ3n) is 5.72. The van der Waals surface area contributed by atoms with Gasteiger partial charge in [-0.2, -0.15) is 0 Å². The number of benzene rings is 3. The lowest BCUT2D eigenvalue weighted by Gasteiger charge is -2.28. The number of carbonyl (C=O) groups is 2. The van der Waals surface area contributed by atoms with Crippen LogP contribution in [0.4, 0.5) is 15.8 Å². The van der Waals surface area contributed by atoms with E-state index in [2.05, 4.69) is 0 Å². The quantitative estimate of drug-likeness (QED) is 0.564. The molecule has 0 aliphatic carbocycles. The molecule has 3 aromatic rings. The van der Waals surface area contributed by atoms with Crippen molar-refractivity contribution in [2.75, 3.05) is 16.6 Å². The normalized spacial score (nSPS) is 22.4. The zero-order valence-corrected chi connectivity index (χ0v) is 17.4. The van der Waals surface area contributed by atoms with E-state index in [1.54, 1.807) is 41.5 Å². The highest BCUT2D eigenvalue weighted by Crippen LogP contribution is 2.47. The van der Waals surface area contributed by atoms with Crippen LogP contribution in [0.15, 0.2) is 78.9 Å². The standard InChI is InChI=1S/C25H21FN2O4/c1-2-31-20-13-11-18(12-14-20)27-24(29)21-22(16-7-6-8-17(26)15-16)28(32-23(21)25(27)30)19-9-4-3-5-10-19/h3-15,21-23H,2H2,1H3/t21-,22-,23-/m0/s1. The van der Waals surface area contributed by atoms with Gasteiger partial charge in [-0.05, 0) is 61.0 Å². The second-order valence-electron chi connectivity index (χ2n) is 7.65. The summed E-state index contributed by atoms with van der Waals surface area (Å²) in [5.74, 6) is -1.39. The fourth-order valence-electron chi connectivity index (χ4n) is 4.36. The van der Waals surface area contributed by atoms with Crippen LogP contribution in [0.2, 0.25) is 0 Å². The molecule has 32 heavy (non-hydrogen) atoms. The highest BCUT2D eigenvalue weighted by Gasteiger charge is 2.60. The summed E-state index contributed by atoms with van der Waals surface area (Å²) in [6.07, 6.45) is -0.998. The van der Waals surface area contributed by atoms with Gasteiger partial charge in [0.15, 0.2) is 6.10 Å². The van der Waals surface area contributed by atoms with Gasteiger partial charge in [-0.25, -0.2) is 14.4 Å². The van der Waals surface area contributed by atoms with Gasteiger partial charge in [0.05, 0.1) is 24.0 Å². The maximum atomic E-state index is 14.1. The SMILES string of the molecule is CCOc1ccc(N2C(=O)[C@@H]3[C@H](ON(c4ccccc4)[C@H]3c3cccc(F)c3)C2=O)cc1. The Morgan fingerprint density at radius 1 is 0.906 bits per heavy atom. The summed E-state index contributed by atoms with van der Waals surface area (Å²) in [6.45, 7) is 2.40. The lowest BCUT2D eigenvalue weighted by Crippen LogP contribution is -2.37. The number of amides is 2. The lowest BCUT2D eigenvalue weighted by molar-refractivity contribution is -0.126. The molecular weight excluding hydrogens is 411 g/mol. The monoisotopic (exact) mass is 432 g/mol. The van der Waals surface area contributed by atoms with Gasteiger partial charge in [-0.3, -0.25) is 14.4 Å². The first-order chi connectivity index (χ1) is 15.6. The van der Waals surface area contributed by atoms with Gasteiger partial charge in [0.2, 0.25) is 5.91 Å². The number of halogens is 1. The van der Waals surface area contributed by atoms with Crippen molar-refractivity contribution >= 4 is 23.2 Å². The fraction of sp³-hybridized carbons (Fsp3) is 0.200. The number of fused-ring (bicyclic) bond motifs is 1. The van der Waals surface area contributed by atoms with Crippen LogP contribution in [-0.2, 0) is 14.4 Å². The Kier molecular flexibility index (Phi) is 5.11. The van der Waals surface area contributed by atoms with Gasteiger partial charge in [0, 0.05) is 0 Å². The summed E-state index contributed by atoms with van der Waals surface area (Å²) in [5, 5.41) is 1.55. The molecule has 0 unspecified atom stereocenters. The molecule has 162 valence electrons. The van der Waals surface area contributed by atoms with Crippen LogP contribution in [0.3, 0.4) is 0 Å². The van der Waals surface area contributed by atoms with Crippen LogP contribution in [0.25, 0.3) is 0 Å². The van der Waals surface area contributed by atoms with Crippen molar-refractivity contribution in [1.29, 1.82) is 0 Å². The van der Waals surface area contributed by atoms with Gasteiger partial charge in [0.25, 0.3) is 5.91 Å². The molecule has 2 saturated heterocycles. The van der Waals surface area contributed by atoms with Crippen molar-refractivity contribution in [2.45, 2.75) is 19.1 Å². The third-order valence-corrected chi connectivity index (χ3v) is 5.72. The molecule has 3 atom stereocenters. The molecule has 2 fully saturated rings. The number of carbonyl (C=O) groups excluding carboxylic acids is 2. The van der Waals surface area contributed by atoms with E-state index in [0.717, 1.165) is 4.90 Å². The molecule has 7 heteroatoms. The predicted molar refractivity (Wildman–Crippen MR) is 117 cm³/mol. The van der Waals surface area contributed by atoms with Crippen molar-refractivity contribution in [3.63, 3.8) is 0 Å². The predicted octanol–water partition coefficient (Wildman–Crippen LogP) is 4.28. The van der Waals surface area contributed by atoms with Crippen molar-refractivity contribution in [2.24, 2.45) is 5.92 Å². The van der Waals surface area contributed by atoms with Gasteiger partial charge in [0.1, 0.15) is 17.5 Å². The number of imide groups is 1. The number of nitrogens with zero attached hydrogens (tertiary/aromatic N) is 2. The van der Waals surface area contributed by atoms with E-state index in [1.165, 1.54) is 12.1 Å². The molecular formula is C25H21FN2O4. The maximum absolute atomic E-state index is 14.1. The Morgan fingerprint density at radius 3 is 2.34 bits per heavy atom. The Morgan fingerprint density at radius 2 is 1.66 bits per heavy atom. The molecule has 6 nitrogen and oxygen atoms in total. The van der Waals surface area contributed by atoms with E-state index in [1.807, 2.05) is 37.3 Å². The molecule has 0 bridgehead atoms. The summed E-state index contributed by atoms with van der Waals surface area (Å²) in [5.41, 5.74) is 1.70. The van der Waals surface area contributed by atoms with Crippen LogP contribution in [0.5, 0.6) is 5.75 Å². The smallest absolute Gasteiger partial charge is 0.266 e. The van der Waals surface area contributed by atoms with Crippen LogP contribution >= 0.6 is 0 Å². The van der Waals surface area contributed by atoms with Crippen LogP contribution in [0, 0.1) is 11.7 Å². The second-order valence-corrected chi connectivity index (χ2v) is 7.65. The van der Waals surface area contributed by atoms with Crippen molar-refractivity contribution in [3.05, 3.63) is 90.2 Å². The number of hydroxylamine groups is 1. The summed E-state index contributed by atoms with van der Waals surface area (Å²) in [6, 6.07) is 21.4. The minimum Gasteiger partial charge on any atom is -0.494 e. The maximum Gasteiger partial charge on any atom is 0.266 e. The van der Waals surface area contributed by atoms with Gasteiger partial charge in [-0.15, -0.1) is 0 Å². The Balaban J connectivity index is 1.54. The molecule has 2 aliphatic rings. The molecule has 0 N–H and O–H groups in total. The lowest BCUT2D eigenvalue weighted by atomic mass is 9.90. The Hall–Kier alpha value is -3.71. The van der Waals surface area contributed by atoms with Crippen LogP contribution in [0.1, 0.15) is 18.5 Å². The highest BCUT2D eigenvalue weighted by atomic mass is 19.1. The first-order valence-corrected chi connectivity index (χ1v) is 10.5. The van der Waals surface area contributed by atoms with E-state index in [0.29, 0.717) is 29.3 Å². The highest BCUT2D eigenvalue weighted by molar-refractivity contribution is 6.23. The molecule has 0 aromatic heterocycles. The zero-order valence-electron chi connectivity index (χ0n) is 17.4. The first kappa shape index (κ1) is 20.2. The summed E-state index contributed by atoms with van der Waals surface area (Å²) >= 11 is 0. The number of hydrogen-bond donors (Lipinski definition) is 0. The molecule has 0 radical (unpaired) electrons. The van der Waals surface area contributed by atoms with Crippen molar-refractivity contribution in [3.8, 4) is 5.75 Å². The average Bonchev–Trinajstić information content (AvgIpc) is 3.31. The van der Waals surface area contributed by atoms with Gasteiger partial charge in [-0.1, -0.05) is 30.3 Å². The Bertz CT molecular complexity index is 1150. The van der Waals surface area contributed by atoms with Gasteiger partial charge < -0.3 is 4.74 Å². The first-order valence-electron chi connectivity index (χ1n) is 10.5. The topological polar surface area (TPSA) is 59.1 Å². The van der Waals surface area contributed by atoms with E-state index < -0.39 is 29.8 Å². The van der Waals surface area contributed by atoms with E-state index >= 15 is 0 Å². The van der Waals surface area contributed by atoms with Crippen molar-refractivity contribution < 1.29 is 23.6 Å². The van der Waals surface area contributed by atoms with E-state index in [9.17, 15) is 14.0 Å². The number of rotatable bonds is 5. The molecule has 2 heterocycles. The van der Waals surface area contributed by atoms with E-state index in [4.69, 9.17) is 9.57 Å². The zero-order chi connectivity index (χ0) is 22.2. The molecule has 0 spiro atoms. The molecule has 0 saturated carbocycles. The number of para-hydroxylation sites is 1. The number of anilines is 2. The molecule has 2 aliphatic heterocycles. The molecule has 2 amide bonds. The Labute approximate surface area is 184 Å².